The normalized spacial score (nSPS) is 12.2. The second-order valence-electron chi connectivity index (χ2n) is 6.78. The number of aromatic nitrogens is 3. The lowest BCUT2D eigenvalue weighted by atomic mass is 10.1. The fourth-order valence-corrected chi connectivity index (χ4v) is 2.92. The lowest BCUT2D eigenvalue weighted by Gasteiger charge is -2.19. The zero-order chi connectivity index (χ0) is 24.9. The van der Waals surface area contributed by atoms with Crippen molar-refractivity contribution < 1.29 is 36.6 Å². The number of methoxy groups -OCH3 is 2. The number of nitrogens with zero attached hydrogens (tertiary/aromatic N) is 2. The third-order valence-corrected chi connectivity index (χ3v) is 4.41. The molecular weight excluding hydrogens is 464 g/mol. The van der Waals surface area contributed by atoms with Gasteiger partial charge in [-0.2, -0.15) is 0 Å². The van der Waals surface area contributed by atoms with Gasteiger partial charge in [0.05, 0.1) is 19.8 Å². The number of carbonyl (C=O) groups excluding carboxylic acids is 1. The van der Waals surface area contributed by atoms with Crippen LogP contribution < -0.4 is 20.3 Å². The van der Waals surface area contributed by atoms with Crippen LogP contribution in [0.25, 0.3) is 11.5 Å². The van der Waals surface area contributed by atoms with E-state index in [2.05, 4.69) is 25.0 Å². The number of pyridine rings is 1. The first-order valence-electron chi connectivity index (χ1n) is 9.56. The van der Waals surface area contributed by atoms with Gasteiger partial charge in [0.15, 0.2) is 17.4 Å². The van der Waals surface area contributed by atoms with Gasteiger partial charge in [-0.3, -0.25) is 14.6 Å². The van der Waals surface area contributed by atoms with Crippen molar-refractivity contribution in [2.75, 3.05) is 20.8 Å². The highest BCUT2D eigenvalue weighted by atomic mass is 19.4. The average molecular weight is 482 g/mol. The number of hydrogen-bond acceptors (Lipinski definition) is 7. The number of amides is 1. The molecule has 0 bridgehead atoms. The van der Waals surface area contributed by atoms with E-state index in [-0.39, 0.29) is 29.4 Å². The molecule has 0 aliphatic carbocycles. The van der Waals surface area contributed by atoms with Crippen LogP contribution in [0.1, 0.15) is 22.1 Å². The van der Waals surface area contributed by atoms with Gasteiger partial charge in [0.1, 0.15) is 17.1 Å². The van der Waals surface area contributed by atoms with Crippen LogP contribution >= 0.6 is 0 Å². The molecule has 13 heteroatoms. The van der Waals surface area contributed by atoms with Gasteiger partial charge in [0.25, 0.3) is 11.5 Å². The number of halogens is 4. The molecule has 1 atom stereocenters. The van der Waals surface area contributed by atoms with E-state index in [4.69, 9.17) is 9.47 Å². The molecule has 0 spiro atoms. The number of H-pyrrole nitrogens is 1. The summed E-state index contributed by atoms with van der Waals surface area (Å²) in [7, 11) is 2.76. The second kappa shape index (κ2) is 10.3. The summed E-state index contributed by atoms with van der Waals surface area (Å²) in [5.41, 5.74) is -0.576. The predicted octanol–water partition coefficient (Wildman–Crippen LogP) is 3.00. The molecule has 2 heterocycles. The molecule has 0 saturated heterocycles. The van der Waals surface area contributed by atoms with Crippen LogP contribution in [0.2, 0.25) is 0 Å². The first-order chi connectivity index (χ1) is 16.1. The summed E-state index contributed by atoms with van der Waals surface area (Å²) in [6, 6.07) is 5.76. The molecule has 1 amide bonds. The third kappa shape index (κ3) is 6.28. The lowest BCUT2D eigenvalue weighted by Crippen LogP contribution is -2.33. The maximum atomic E-state index is 14.1. The Labute approximate surface area is 189 Å². The number of rotatable bonds is 8. The van der Waals surface area contributed by atoms with Crippen LogP contribution in [0.3, 0.4) is 0 Å². The number of alkyl halides is 3. The van der Waals surface area contributed by atoms with Gasteiger partial charge >= 0.3 is 6.36 Å². The molecule has 0 unspecified atom stereocenters. The monoisotopic (exact) mass is 482 g/mol. The Bertz CT molecular complexity index is 1230. The Morgan fingerprint density at radius 1 is 1.18 bits per heavy atom. The molecule has 9 nitrogen and oxygen atoms in total. The van der Waals surface area contributed by atoms with Crippen LogP contribution in [0.15, 0.2) is 47.4 Å². The molecule has 34 heavy (non-hydrogen) atoms. The van der Waals surface area contributed by atoms with E-state index in [0.717, 1.165) is 24.3 Å². The van der Waals surface area contributed by atoms with Crippen LogP contribution in [-0.2, 0) is 4.74 Å². The van der Waals surface area contributed by atoms with E-state index in [1.807, 2.05) is 0 Å². The van der Waals surface area contributed by atoms with Gasteiger partial charge < -0.3 is 24.5 Å². The van der Waals surface area contributed by atoms with Gasteiger partial charge in [-0.05, 0) is 23.8 Å². The molecule has 0 saturated carbocycles. The maximum Gasteiger partial charge on any atom is 0.573 e. The minimum atomic E-state index is -5.07. The van der Waals surface area contributed by atoms with E-state index in [1.54, 1.807) is 6.07 Å². The Kier molecular flexibility index (Phi) is 7.46. The SMILES string of the molecule is COC[C@@H](NC(=O)c1cc(=O)[nH]c(-c2cc(OC)ccn2)n1)c1ccc(OC(F)(F)F)c(F)c1. The molecule has 0 radical (unpaired) electrons. The van der Waals surface area contributed by atoms with Crippen molar-refractivity contribution >= 4 is 5.91 Å². The van der Waals surface area contributed by atoms with Crippen molar-refractivity contribution in [1.29, 1.82) is 0 Å². The van der Waals surface area contributed by atoms with Crippen molar-refractivity contribution in [3.8, 4) is 23.0 Å². The predicted molar refractivity (Wildman–Crippen MR) is 110 cm³/mol. The van der Waals surface area contributed by atoms with Gasteiger partial charge in [-0.1, -0.05) is 6.07 Å². The van der Waals surface area contributed by atoms with E-state index in [0.29, 0.717) is 5.75 Å². The lowest BCUT2D eigenvalue weighted by molar-refractivity contribution is -0.275. The average Bonchev–Trinajstić information content (AvgIpc) is 2.79. The Morgan fingerprint density at radius 2 is 1.94 bits per heavy atom. The van der Waals surface area contributed by atoms with E-state index >= 15 is 0 Å². The number of benzene rings is 1. The molecule has 0 aliphatic rings. The van der Waals surface area contributed by atoms with Crippen LogP contribution in [0.5, 0.6) is 11.5 Å². The highest BCUT2D eigenvalue weighted by molar-refractivity contribution is 5.92. The zero-order valence-corrected chi connectivity index (χ0v) is 17.8. The van der Waals surface area contributed by atoms with Crippen molar-refractivity contribution in [3.63, 3.8) is 0 Å². The zero-order valence-electron chi connectivity index (χ0n) is 17.8. The molecule has 180 valence electrons. The molecular formula is C21H18F4N4O5. The van der Waals surface area contributed by atoms with E-state index in [9.17, 15) is 27.2 Å². The smallest absolute Gasteiger partial charge is 0.497 e. The summed E-state index contributed by atoms with van der Waals surface area (Å²) < 4.78 is 65.0. The minimum absolute atomic E-state index is 0.000427. The topological polar surface area (TPSA) is 115 Å². The molecule has 0 aliphatic heterocycles. The largest absolute Gasteiger partial charge is 0.573 e. The molecule has 0 fully saturated rings. The molecule has 1 aromatic carbocycles. The number of nitrogens with one attached hydrogen (secondary N) is 2. The molecule has 2 aromatic heterocycles. The molecule has 2 N–H and O–H groups in total. The van der Waals surface area contributed by atoms with E-state index in [1.165, 1.54) is 26.5 Å². The van der Waals surface area contributed by atoms with Gasteiger partial charge in [0, 0.05) is 25.4 Å². The Morgan fingerprint density at radius 3 is 2.59 bits per heavy atom. The maximum absolute atomic E-state index is 14.1. The number of ether oxygens (including phenoxy) is 3. The second-order valence-corrected chi connectivity index (χ2v) is 6.78. The minimum Gasteiger partial charge on any atom is -0.497 e. The Hall–Kier alpha value is -4.00. The summed E-state index contributed by atoms with van der Waals surface area (Å²) in [5, 5.41) is 2.52. The first-order valence-corrected chi connectivity index (χ1v) is 9.56. The van der Waals surface area contributed by atoms with Crippen molar-refractivity contribution in [2.45, 2.75) is 12.4 Å². The van der Waals surface area contributed by atoms with Crippen molar-refractivity contribution in [3.05, 3.63) is 70.0 Å². The summed E-state index contributed by atoms with van der Waals surface area (Å²) in [6.45, 7) is -0.155. The number of hydrogen-bond donors (Lipinski definition) is 2. The van der Waals surface area contributed by atoms with Crippen molar-refractivity contribution in [2.24, 2.45) is 0 Å². The highest BCUT2D eigenvalue weighted by Crippen LogP contribution is 2.28. The standard InChI is InChI=1S/C21H18F4N4O5/c1-32-10-16(11-3-4-17(13(22)7-11)34-21(23,24)25)28-20(31)15-9-18(30)29-19(27-15)14-8-12(33-2)5-6-26-14/h3-9,16H,10H2,1-2H3,(H,28,31)(H,27,29,30)/t16-/m1/s1. The quantitative estimate of drug-likeness (QED) is 0.475. The molecule has 3 rings (SSSR count). The van der Waals surface area contributed by atoms with Crippen molar-refractivity contribution in [1.82, 2.24) is 20.3 Å². The van der Waals surface area contributed by atoms with Crippen LogP contribution in [-0.4, -0.2) is 48.0 Å². The summed E-state index contributed by atoms with van der Waals surface area (Å²) in [6.07, 6.45) is -3.64. The Balaban J connectivity index is 1.87. The fourth-order valence-electron chi connectivity index (χ4n) is 2.92. The van der Waals surface area contributed by atoms with Gasteiger partial charge in [0.2, 0.25) is 0 Å². The third-order valence-electron chi connectivity index (χ3n) is 4.41. The van der Waals surface area contributed by atoms with Gasteiger partial charge in [-0.25, -0.2) is 9.37 Å². The van der Waals surface area contributed by atoms with Crippen LogP contribution in [0.4, 0.5) is 17.6 Å². The summed E-state index contributed by atoms with van der Waals surface area (Å²) in [4.78, 5) is 35.6. The van der Waals surface area contributed by atoms with Gasteiger partial charge in [-0.15, -0.1) is 13.2 Å². The molecule has 3 aromatic rings. The summed E-state index contributed by atoms with van der Waals surface area (Å²) in [5.74, 6) is -2.67. The highest BCUT2D eigenvalue weighted by Gasteiger charge is 2.32. The van der Waals surface area contributed by atoms with E-state index < -0.39 is 35.4 Å². The summed E-state index contributed by atoms with van der Waals surface area (Å²) >= 11 is 0. The number of carbonyl (C=O) groups is 1. The number of aromatic amines is 1. The van der Waals surface area contributed by atoms with Crippen LogP contribution in [0, 0.1) is 5.82 Å². The first kappa shape index (κ1) is 24.6. The fraction of sp³-hybridized carbons (Fsp3) is 0.238.